The maximum atomic E-state index is 13.4. The van der Waals surface area contributed by atoms with Gasteiger partial charge in [0.1, 0.15) is 24.7 Å². The summed E-state index contributed by atoms with van der Waals surface area (Å²) in [5, 5.41) is 2.78. The Kier molecular flexibility index (Phi) is 10.3. The first-order chi connectivity index (χ1) is 17.8. The van der Waals surface area contributed by atoms with E-state index in [0.717, 1.165) is 17.9 Å². The molecular weight excluding hydrogens is 474 g/mol. The summed E-state index contributed by atoms with van der Waals surface area (Å²) in [5.74, 6) is 0.948. The van der Waals surface area contributed by atoms with Gasteiger partial charge in [-0.2, -0.15) is 0 Å². The summed E-state index contributed by atoms with van der Waals surface area (Å²) in [5.41, 5.74) is 2.05. The van der Waals surface area contributed by atoms with Crippen molar-refractivity contribution < 1.29 is 28.5 Å². The Hall–Kier alpha value is -3.14. The Labute approximate surface area is 219 Å². The van der Waals surface area contributed by atoms with E-state index in [1.54, 1.807) is 44.4 Å². The molecule has 0 saturated carbocycles. The van der Waals surface area contributed by atoms with Crippen molar-refractivity contribution >= 4 is 17.5 Å². The van der Waals surface area contributed by atoms with Crippen LogP contribution < -0.4 is 14.8 Å². The van der Waals surface area contributed by atoms with Gasteiger partial charge in [-0.15, -0.1) is 0 Å². The van der Waals surface area contributed by atoms with E-state index in [1.165, 1.54) is 7.11 Å². The zero-order chi connectivity index (χ0) is 26.9. The van der Waals surface area contributed by atoms with E-state index in [4.69, 9.17) is 18.9 Å². The fraction of sp³-hybridized carbons (Fsp3) is 0.500. The van der Waals surface area contributed by atoms with Crippen molar-refractivity contribution in [2.45, 2.75) is 32.5 Å². The maximum absolute atomic E-state index is 13.4. The number of fused-ring (bicyclic) bond motifs is 1. The highest BCUT2D eigenvalue weighted by molar-refractivity contribution is 5.98. The number of amides is 2. The molecule has 0 aliphatic carbocycles. The number of nitrogens with one attached hydrogen (secondary N) is 1. The first kappa shape index (κ1) is 28.4. The fourth-order valence-electron chi connectivity index (χ4n) is 4.53. The number of methoxy groups -OCH3 is 3. The van der Waals surface area contributed by atoms with Crippen molar-refractivity contribution in [1.82, 2.24) is 9.80 Å². The van der Waals surface area contributed by atoms with Crippen LogP contribution in [0.15, 0.2) is 42.5 Å². The summed E-state index contributed by atoms with van der Waals surface area (Å²) >= 11 is 0. The molecule has 0 unspecified atom stereocenters. The zero-order valence-electron chi connectivity index (χ0n) is 22.7. The smallest absolute Gasteiger partial charge is 0.257 e. The summed E-state index contributed by atoms with van der Waals surface area (Å²) in [6, 6.07) is 13.1. The van der Waals surface area contributed by atoms with Gasteiger partial charge >= 0.3 is 0 Å². The molecule has 1 heterocycles. The number of nitrogens with zero attached hydrogens (tertiary/aromatic N) is 2. The minimum absolute atomic E-state index is 0.0108. The number of hydrogen-bond acceptors (Lipinski definition) is 7. The normalized spacial score (nSPS) is 21.3. The van der Waals surface area contributed by atoms with E-state index in [1.807, 2.05) is 18.2 Å². The lowest BCUT2D eigenvalue weighted by Crippen LogP contribution is -2.46. The molecule has 37 heavy (non-hydrogen) atoms. The molecule has 0 spiro atoms. The number of para-hydroxylation sites is 1. The minimum atomic E-state index is -0.285. The Balaban J connectivity index is 1.95. The zero-order valence-corrected chi connectivity index (χ0v) is 22.7. The van der Waals surface area contributed by atoms with Crippen LogP contribution in [0.25, 0.3) is 0 Å². The maximum Gasteiger partial charge on any atom is 0.257 e. The lowest BCUT2D eigenvalue weighted by atomic mass is 10.0. The van der Waals surface area contributed by atoms with Crippen LogP contribution in [0.3, 0.4) is 0 Å². The second-order valence-electron chi connectivity index (χ2n) is 9.53. The van der Waals surface area contributed by atoms with Crippen molar-refractivity contribution in [2.75, 3.05) is 60.0 Å². The van der Waals surface area contributed by atoms with Crippen molar-refractivity contribution in [3.05, 3.63) is 53.6 Å². The van der Waals surface area contributed by atoms with Crippen LogP contribution in [0.1, 0.15) is 29.8 Å². The van der Waals surface area contributed by atoms with Crippen molar-refractivity contribution in [3.8, 4) is 11.5 Å². The molecule has 1 aliphatic rings. The third-order valence-electron chi connectivity index (χ3n) is 6.70. The predicted molar refractivity (Wildman–Crippen MR) is 142 cm³/mol. The molecule has 0 aromatic heterocycles. The molecule has 9 heteroatoms. The molecule has 0 fully saturated rings. The predicted octanol–water partition coefficient (Wildman–Crippen LogP) is 3.29. The van der Waals surface area contributed by atoms with Gasteiger partial charge in [-0.25, -0.2) is 0 Å². The van der Waals surface area contributed by atoms with Gasteiger partial charge < -0.3 is 29.2 Å². The molecule has 0 bridgehead atoms. The lowest BCUT2D eigenvalue weighted by molar-refractivity contribution is -0.119. The van der Waals surface area contributed by atoms with Gasteiger partial charge in [0.2, 0.25) is 5.91 Å². The molecule has 9 nitrogen and oxygen atoms in total. The van der Waals surface area contributed by atoms with Crippen molar-refractivity contribution in [1.29, 1.82) is 0 Å². The second kappa shape index (κ2) is 13.4. The van der Waals surface area contributed by atoms with E-state index in [0.29, 0.717) is 36.7 Å². The molecule has 2 aromatic rings. The van der Waals surface area contributed by atoms with Crippen LogP contribution >= 0.6 is 0 Å². The monoisotopic (exact) mass is 513 g/mol. The highest BCUT2D eigenvalue weighted by atomic mass is 16.5. The lowest BCUT2D eigenvalue weighted by Gasteiger charge is -2.36. The van der Waals surface area contributed by atoms with Crippen LogP contribution in [0.5, 0.6) is 11.5 Å². The first-order valence-electron chi connectivity index (χ1n) is 12.5. The van der Waals surface area contributed by atoms with Crippen molar-refractivity contribution in [3.63, 3.8) is 0 Å². The number of anilines is 1. The SMILES string of the molecule is COCC(=O)Nc1ccc2c(c1)OC[C@H](C)N(Cc1ccccc1OC)C[C@@H](C)[C@H](OC)CN(C)C2=O. The summed E-state index contributed by atoms with van der Waals surface area (Å²) < 4.78 is 22.6. The summed E-state index contributed by atoms with van der Waals surface area (Å²) in [4.78, 5) is 29.4. The van der Waals surface area contributed by atoms with Crippen LogP contribution in [0.4, 0.5) is 5.69 Å². The van der Waals surface area contributed by atoms with Gasteiger partial charge in [0.25, 0.3) is 5.91 Å². The van der Waals surface area contributed by atoms with Crippen LogP contribution in [0.2, 0.25) is 0 Å². The Bertz CT molecular complexity index is 1060. The van der Waals surface area contributed by atoms with Gasteiger partial charge in [0, 0.05) is 64.3 Å². The van der Waals surface area contributed by atoms with Crippen LogP contribution in [-0.4, -0.2) is 88.4 Å². The van der Waals surface area contributed by atoms with Gasteiger partial charge in [-0.05, 0) is 31.0 Å². The molecule has 2 aromatic carbocycles. The average Bonchev–Trinajstić information content (AvgIpc) is 2.89. The molecule has 2 amide bonds. The van der Waals surface area contributed by atoms with E-state index < -0.39 is 0 Å². The number of rotatable bonds is 7. The third-order valence-corrected chi connectivity index (χ3v) is 6.70. The molecule has 202 valence electrons. The Morgan fingerprint density at radius 3 is 2.57 bits per heavy atom. The van der Waals surface area contributed by atoms with E-state index >= 15 is 0 Å². The van der Waals surface area contributed by atoms with E-state index in [9.17, 15) is 9.59 Å². The van der Waals surface area contributed by atoms with Gasteiger partial charge in [-0.3, -0.25) is 14.5 Å². The highest BCUT2D eigenvalue weighted by Crippen LogP contribution is 2.28. The van der Waals surface area contributed by atoms with Crippen LogP contribution in [-0.2, 0) is 20.8 Å². The topological polar surface area (TPSA) is 89.6 Å². The fourth-order valence-corrected chi connectivity index (χ4v) is 4.53. The molecular formula is C28H39N3O6. The Morgan fingerprint density at radius 1 is 1.11 bits per heavy atom. The quantitative estimate of drug-likeness (QED) is 0.608. The average molecular weight is 514 g/mol. The Morgan fingerprint density at radius 2 is 1.86 bits per heavy atom. The summed E-state index contributed by atoms with van der Waals surface area (Å²) in [6.45, 7) is 6.37. The largest absolute Gasteiger partial charge is 0.496 e. The minimum Gasteiger partial charge on any atom is -0.496 e. The standard InChI is InChI=1S/C28H39N3O6/c1-19-14-31(15-21-9-7-8-10-24(21)35-5)20(2)17-37-25-13-22(29-27(32)18-34-4)11-12-23(25)28(33)30(3)16-26(19)36-6/h7-13,19-20,26H,14-18H2,1-6H3,(H,29,32)/t19-,20+,26-/m1/s1. The number of carbonyl (C=O) groups is 2. The highest BCUT2D eigenvalue weighted by Gasteiger charge is 2.29. The number of ether oxygens (including phenoxy) is 4. The number of likely N-dealkylation sites (N-methyl/N-ethyl adjacent to an activating group) is 1. The first-order valence-corrected chi connectivity index (χ1v) is 12.5. The molecule has 3 atom stereocenters. The summed E-state index contributed by atoms with van der Waals surface area (Å²) in [6.07, 6.45) is -0.155. The van der Waals surface area contributed by atoms with Crippen molar-refractivity contribution in [2.24, 2.45) is 5.92 Å². The molecule has 3 rings (SSSR count). The van der Waals surface area contributed by atoms with E-state index in [2.05, 4.69) is 30.1 Å². The van der Waals surface area contributed by atoms with E-state index in [-0.39, 0.29) is 36.5 Å². The molecule has 1 N–H and O–H groups in total. The molecule has 1 aliphatic heterocycles. The third kappa shape index (κ3) is 7.44. The second-order valence-corrected chi connectivity index (χ2v) is 9.53. The number of benzene rings is 2. The molecule has 0 saturated heterocycles. The van der Waals surface area contributed by atoms with Gasteiger partial charge in [0.05, 0.1) is 18.8 Å². The van der Waals surface area contributed by atoms with Crippen LogP contribution in [0, 0.1) is 5.92 Å². The number of hydrogen-bond donors (Lipinski definition) is 1. The summed E-state index contributed by atoms with van der Waals surface area (Å²) in [7, 11) is 6.59. The number of carbonyl (C=O) groups excluding carboxylic acids is 2. The van der Waals surface area contributed by atoms with Gasteiger partial charge in [0.15, 0.2) is 0 Å². The molecule has 0 radical (unpaired) electrons. The van der Waals surface area contributed by atoms with Gasteiger partial charge in [-0.1, -0.05) is 25.1 Å².